The minimum atomic E-state index is -0.808. The smallest absolute Gasteiger partial charge is 0.340 e. The number of ether oxygens (including phenoxy) is 2. The van der Waals surface area contributed by atoms with E-state index in [9.17, 15) is 19.5 Å². The molecule has 3 aromatic heterocycles. The van der Waals surface area contributed by atoms with E-state index in [0.717, 1.165) is 0 Å². The van der Waals surface area contributed by atoms with Crippen molar-refractivity contribution in [3.05, 3.63) is 56.6 Å². The highest BCUT2D eigenvalue weighted by Gasteiger charge is 2.39. The van der Waals surface area contributed by atoms with Crippen LogP contribution in [0.3, 0.4) is 0 Å². The van der Waals surface area contributed by atoms with Gasteiger partial charge < -0.3 is 19.6 Å². The van der Waals surface area contributed by atoms with Gasteiger partial charge in [0, 0.05) is 0 Å². The Morgan fingerprint density at radius 2 is 1.67 bits per heavy atom. The van der Waals surface area contributed by atoms with Crippen LogP contribution in [0.4, 0.5) is 0 Å². The van der Waals surface area contributed by atoms with E-state index in [-0.39, 0.29) is 33.7 Å². The number of hydrogen-bond donors (Lipinski definition) is 2. The molecule has 1 aliphatic heterocycles. The summed E-state index contributed by atoms with van der Waals surface area (Å²) in [4.78, 5) is 46.1. The molecule has 0 atom stereocenters. The Hall–Kier alpha value is -3.50. The molecule has 0 spiro atoms. The van der Waals surface area contributed by atoms with Gasteiger partial charge in [-0.1, -0.05) is 12.1 Å². The molecule has 0 bridgehead atoms. The summed E-state index contributed by atoms with van der Waals surface area (Å²) in [6.07, 6.45) is 0. The Bertz CT molecular complexity index is 1220. The highest BCUT2D eigenvalue weighted by atomic mass is 32.1. The first-order valence-corrected chi connectivity index (χ1v) is 10.3. The van der Waals surface area contributed by atoms with Crippen molar-refractivity contribution in [2.75, 3.05) is 14.2 Å². The van der Waals surface area contributed by atoms with Crippen LogP contribution in [-0.4, -0.2) is 47.9 Å². The monoisotopic (exact) mass is 442 g/mol. The van der Waals surface area contributed by atoms with Crippen LogP contribution >= 0.6 is 22.7 Å². The van der Waals surface area contributed by atoms with E-state index < -0.39 is 23.7 Å². The lowest BCUT2D eigenvalue weighted by molar-refractivity contribution is -0.135. The SMILES string of the molecule is COC(=O)C1=C(c2c(O)[nH]c(-c3cccs3)c2C(=O)OC)C(=O)N=C1c1cccs1. The van der Waals surface area contributed by atoms with Crippen LogP contribution in [0, 0.1) is 0 Å². The number of rotatable bonds is 5. The molecule has 0 radical (unpaired) electrons. The lowest BCUT2D eigenvalue weighted by Gasteiger charge is -2.08. The average Bonchev–Trinajstić information content (AvgIpc) is 3.52. The number of nitrogens with one attached hydrogen (secondary N) is 1. The number of aliphatic imine (C=N–C) groups is 1. The number of amides is 1. The lowest BCUT2D eigenvalue weighted by Crippen LogP contribution is -2.15. The van der Waals surface area contributed by atoms with Crippen molar-refractivity contribution in [3.63, 3.8) is 0 Å². The molecule has 0 unspecified atom stereocenters. The van der Waals surface area contributed by atoms with E-state index >= 15 is 0 Å². The number of aromatic amines is 1. The molecule has 152 valence electrons. The maximum Gasteiger partial charge on any atom is 0.340 e. The van der Waals surface area contributed by atoms with E-state index in [1.54, 1.807) is 35.0 Å². The minimum absolute atomic E-state index is 0.0650. The predicted molar refractivity (Wildman–Crippen MR) is 112 cm³/mol. The third kappa shape index (κ3) is 3.06. The summed E-state index contributed by atoms with van der Waals surface area (Å²) in [6, 6.07) is 6.97. The summed E-state index contributed by atoms with van der Waals surface area (Å²) in [7, 11) is 2.37. The zero-order valence-electron chi connectivity index (χ0n) is 15.7. The molecule has 30 heavy (non-hydrogen) atoms. The molecule has 0 saturated carbocycles. The summed E-state index contributed by atoms with van der Waals surface area (Å²) in [6.45, 7) is 0. The minimum Gasteiger partial charge on any atom is -0.494 e. The van der Waals surface area contributed by atoms with Crippen molar-refractivity contribution >= 4 is 51.8 Å². The van der Waals surface area contributed by atoms with Crippen LogP contribution in [-0.2, 0) is 19.1 Å². The van der Waals surface area contributed by atoms with E-state index in [1.165, 1.54) is 36.9 Å². The first-order chi connectivity index (χ1) is 14.5. The number of esters is 2. The van der Waals surface area contributed by atoms with Crippen LogP contribution in [0.2, 0.25) is 0 Å². The Morgan fingerprint density at radius 3 is 2.23 bits per heavy atom. The highest BCUT2D eigenvalue weighted by Crippen LogP contribution is 2.42. The van der Waals surface area contributed by atoms with E-state index in [2.05, 4.69) is 9.98 Å². The molecular formula is C20H14N2O6S2. The fourth-order valence-corrected chi connectivity index (χ4v) is 4.66. The average molecular weight is 442 g/mol. The molecule has 3 aromatic rings. The van der Waals surface area contributed by atoms with Crippen molar-refractivity contribution in [2.24, 2.45) is 4.99 Å². The number of H-pyrrole nitrogens is 1. The molecule has 0 aliphatic carbocycles. The lowest BCUT2D eigenvalue weighted by atomic mass is 9.95. The molecule has 10 heteroatoms. The molecule has 4 heterocycles. The van der Waals surface area contributed by atoms with Gasteiger partial charge in [0.05, 0.1) is 52.1 Å². The van der Waals surface area contributed by atoms with Crippen molar-refractivity contribution < 1.29 is 29.0 Å². The van der Waals surface area contributed by atoms with Crippen molar-refractivity contribution in [2.45, 2.75) is 0 Å². The maximum atomic E-state index is 12.9. The molecular weight excluding hydrogens is 428 g/mol. The van der Waals surface area contributed by atoms with Crippen LogP contribution in [0.1, 0.15) is 20.8 Å². The number of aromatic hydroxyl groups is 1. The van der Waals surface area contributed by atoms with Gasteiger partial charge in [0.25, 0.3) is 5.91 Å². The number of hydrogen-bond acceptors (Lipinski definition) is 8. The predicted octanol–water partition coefficient (Wildman–Crippen LogP) is 3.25. The third-order valence-corrected chi connectivity index (χ3v) is 6.21. The first kappa shape index (κ1) is 19.8. The molecule has 4 rings (SSSR count). The normalized spacial score (nSPS) is 13.5. The summed E-state index contributed by atoms with van der Waals surface area (Å²) >= 11 is 2.61. The summed E-state index contributed by atoms with van der Waals surface area (Å²) in [5.74, 6) is -2.81. The molecule has 0 saturated heterocycles. The van der Waals surface area contributed by atoms with Gasteiger partial charge in [-0.3, -0.25) is 4.79 Å². The fourth-order valence-electron chi connectivity index (χ4n) is 3.21. The van der Waals surface area contributed by atoms with Gasteiger partial charge in [0.2, 0.25) is 0 Å². The fraction of sp³-hybridized carbons (Fsp3) is 0.100. The zero-order valence-corrected chi connectivity index (χ0v) is 17.3. The van der Waals surface area contributed by atoms with Gasteiger partial charge in [0.15, 0.2) is 5.88 Å². The van der Waals surface area contributed by atoms with Crippen LogP contribution in [0.25, 0.3) is 16.1 Å². The second-order valence-corrected chi connectivity index (χ2v) is 7.95. The maximum absolute atomic E-state index is 12.9. The summed E-state index contributed by atoms with van der Waals surface area (Å²) in [5, 5.41) is 14.3. The number of methoxy groups -OCH3 is 2. The van der Waals surface area contributed by atoms with Crippen molar-refractivity contribution in [3.8, 4) is 16.5 Å². The van der Waals surface area contributed by atoms with Gasteiger partial charge >= 0.3 is 11.9 Å². The van der Waals surface area contributed by atoms with E-state index in [1.807, 2.05) is 0 Å². The Labute approximate surface area is 178 Å². The number of nitrogens with zero attached hydrogens (tertiary/aromatic N) is 1. The number of carbonyl (C=O) groups is 3. The van der Waals surface area contributed by atoms with E-state index in [4.69, 9.17) is 9.47 Å². The molecule has 1 amide bonds. The van der Waals surface area contributed by atoms with Gasteiger partial charge in [0.1, 0.15) is 5.57 Å². The van der Waals surface area contributed by atoms with Crippen molar-refractivity contribution in [1.82, 2.24) is 4.98 Å². The largest absolute Gasteiger partial charge is 0.494 e. The summed E-state index contributed by atoms with van der Waals surface area (Å²) in [5.41, 5.74) is -0.149. The highest BCUT2D eigenvalue weighted by molar-refractivity contribution is 7.13. The second kappa shape index (κ2) is 7.73. The zero-order chi connectivity index (χ0) is 21.4. The number of aromatic nitrogens is 1. The Morgan fingerprint density at radius 1 is 1.03 bits per heavy atom. The molecule has 0 aromatic carbocycles. The van der Waals surface area contributed by atoms with Gasteiger partial charge in [-0.15, -0.1) is 22.7 Å². The molecule has 1 aliphatic rings. The first-order valence-electron chi connectivity index (χ1n) is 8.55. The van der Waals surface area contributed by atoms with Crippen LogP contribution in [0.15, 0.2) is 45.6 Å². The number of thiophene rings is 2. The van der Waals surface area contributed by atoms with Gasteiger partial charge in [-0.2, -0.15) is 0 Å². The number of carbonyl (C=O) groups excluding carboxylic acids is 3. The van der Waals surface area contributed by atoms with E-state index in [0.29, 0.717) is 9.75 Å². The van der Waals surface area contributed by atoms with Gasteiger partial charge in [-0.25, -0.2) is 14.6 Å². The standard InChI is InChI=1S/C20H14N2O6S2/c1-27-19(25)13-11(17(23)21-15(13)9-5-3-7-29-9)12-14(20(26)28-2)16(22-18(12)24)10-6-4-8-30-10/h3-8,21,23H,1-2H3. The van der Waals surface area contributed by atoms with Crippen LogP contribution in [0.5, 0.6) is 5.88 Å². The molecule has 2 N–H and O–H groups in total. The van der Waals surface area contributed by atoms with Gasteiger partial charge in [-0.05, 0) is 22.9 Å². The Balaban J connectivity index is 2.03. The second-order valence-electron chi connectivity index (χ2n) is 6.05. The van der Waals surface area contributed by atoms with Crippen molar-refractivity contribution in [1.29, 1.82) is 0 Å². The van der Waals surface area contributed by atoms with Crippen LogP contribution < -0.4 is 0 Å². The quantitative estimate of drug-likeness (QED) is 0.586. The Kier molecular flexibility index (Phi) is 5.10. The topological polar surface area (TPSA) is 118 Å². The third-order valence-electron chi connectivity index (χ3n) is 4.45. The summed E-state index contributed by atoms with van der Waals surface area (Å²) < 4.78 is 9.77. The molecule has 8 nitrogen and oxygen atoms in total. The molecule has 0 fully saturated rings.